The van der Waals surface area contributed by atoms with Gasteiger partial charge < -0.3 is 10.0 Å². The van der Waals surface area contributed by atoms with Gasteiger partial charge in [-0.2, -0.15) is 0 Å². The molecule has 6 nitrogen and oxygen atoms in total. The number of piperidine rings is 1. The summed E-state index contributed by atoms with van der Waals surface area (Å²) in [5.41, 5.74) is 0.320. The topological polar surface area (TPSA) is 64.1 Å². The lowest BCUT2D eigenvalue weighted by Crippen LogP contribution is -2.48. The smallest absolute Gasteiger partial charge is 0.317 e. The van der Waals surface area contributed by atoms with E-state index in [0.717, 1.165) is 25.9 Å². The Labute approximate surface area is 176 Å². The third kappa shape index (κ3) is 6.88. The van der Waals surface area contributed by atoms with Crippen molar-refractivity contribution in [1.29, 1.82) is 0 Å². The highest BCUT2D eigenvalue weighted by atomic mass is 35.5. The van der Waals surface area contributed by atoms with Gasteiger partial charge >= 0.3 is 5.97 Å². The third-order valence-corrected chi connectivity index (χ3v) is 5.41. The van der Waals surface area contributed by atoms with Gasteiger partial charge in [-0.3, -0.25) is 19.4 Å². The van der Waals surface area contributed by atoms with E-state index in [1.165, 1.54) is 17.0 Å². The summed E-state index contributed by atoms with van der Waals surface area (Å²) in [5.74, 6) is -1.32. The van der Waals surface area contributed by atoms with Crippen molar-refractivity contribution in [3.63, 3.8) is 0 Å². The van der Waals surface area contributed by atoms with Crippen molar-refractivity contribution in [3.05, 3.63) is 34.6 Å². The average Bonchev–Trinajstić information content (AvgIpc) is 2.63. The standard InChI is InChI=1S/C19H27ClFN3O3.ClH/c1-3-24(13-19(26)27)14-7-9-23(10-8-14)12-18(25)22(2)11-15-16(20)5-4-6-17(15)21;/h4-6,14H,3,7-13H2,1-2H3,(H,26,27);1H. The number of halogens is 3. The van der Waals surface area contributed by atoms with Crippen LogP contribution in [0.4, 0.5) is 4.39 Å². The number of carboxylic acid groups (broad SMARTS) is 1. The second-order valence-electron chi connectivity index (χ2n) is 6.91. The molecule has 9 heteroatoms. The monoisotopic (exact) mass is 435 g/mol. The summed E-state index contributed by atoms with van der Waals surface area (Å²) in [7, 11) is 1.64. The Hall–Kier alpha value is -1.41. The summed E-state index contributed by atoms with van der Waals surface area (Å²) in [6.07, 6.45) is 1.66. The van der Waals surface area contributed by atoms with E-state index in [2.05, 4.69) is 4.90 Å². The quantitative estimate of drug-likeness (QED) is 0.679. The van der Waals surface area contributed by atoms with Gasteiger partial charge in [-0.05, 0) is 31.5 Å². The first-order valence-corrected chi connectivity index (χ1v) is 9.54. The van der Waals surface area contributed by atoms with Gasteiger partial charge in [0.15, 0.2) is 0 Å². The highest BCUT2D eigenvalue weighted by Crippen LogP contribution is 2.21. The van der Waals surface area contributed by atoms with Crippen LogP contribution in [-0.2, 0) is 16.1 Å². The Morgan fingerprint density at radius 2 is 1.96 bits per heavy atom. The Bertz CT molecular complexity index is 650. The number of nitrogens with zero attached hydrogens (tertiary/aromatic N) is 3. The zero-order chi connectivity index (χ0) is 20.0. The van der Waals surface area contributed by atoms with Crippen LogP contribution in [0.1, 0.15) is 25.3 Å². The summed E-state index contributed by atoms with van der Waals surface area (Å²) in [5, 5.41) is 9.31. The first-order chi connectivity index (χ1) is 12.8. The van der Waals surface area contributed by atoms with Crippen molar-refractivity contribution < 1.29 is 19.1 Å². The van der Waals surface area contributed by atoms with Crippen LogP contribution in [0.15, 0.2) is 18.2 Å². The molecule has 1 heterocycles. The number of rotatable bonds is 8. The molecule has 1 aliphatic rings. The number of likely N-dealkylation sites (N-methyl/N-ethyl adjacent to an activating group) is 2. The van der Waals surface area contributed by atoms with Crippen molar-refractivity contribution in [3.8, 4) is 0 Å². The van der Waals surface area contributed by atoms with Crippen LogP contribution in [-0.4, -0.2) is 77.5 Å². The van der Waals surface area contributed by atoms with Crippen molar-refractivity contribution in [2.45, 2.75) is 32.4 Å². The molecule has 0 aliphatic carbocycles. The summed E-state index contributed by atoms with van der Waals surface area (Å²) >= 11 is 6.03. The molecule has 1 fully saturated rings. The number of benzene rings is 1. The zero-order valence-electron chi connectivity index (χ0n) is 16.2. The van der Waals surface area contributed by atoms with Crippen LogP contribution in [0.25, 0.3) is 0 Å². The van der Waals surface area contributed by atoms with E-state index in [1.54, 1.807) is 13.1 Å². The van der Waals surface area contributed by atoms with Crippen LogP contribution in [0.5, 0.6) is 0 Å². The van der Waals surface area contributed by atoms with Gasteiger partial charge in [0.1, 0.15) is 5.82 Å². The van der Waals surface area contributed by atoms with Crippen molar-refractivity contribution in [2.75, 3.05) is 39.8 Å². The average molecular weight is 436 g/mol. The number of hydrogen-bond donors (Lipinski definition) is 1. The number of amides is 1. The van der Waals surface area contributed by atoms with Gasteiger partial charge in [0.05, 0.1) is 13.1 Å². The van der Waals surface area contributed by atoms with Crippen molar-refractivity contribution in [1.82, 2.24) is 14.7 Å². The van der Waals surface area contributed by atoms with E-state index in [9.17, 15) is 14.0 Å². The molecule has 1 saturated heterocycles. The maximum Gasteiger partial charge on any atom is 0.317 e. The number of carbonyl (C=O) groups excluding carboxylic acids is 1. The molecule has 1 aliphatic heterocycles. The molecular weight excluding hydrogens is 408 g/mol. The number of aliphatic carboxylic acids is 1. The minimum absolute atomic E-state index is 0. The van der Waals surface area contributed by atoms with Crippen LogP contribution in [0.2, 0.25) is 5.02 Å². The van der Waals surface area contributed by atoms with E-state index in [1.807, 2.05) is 11.8 Å². The lowest BCUT2D eigenvalue weighted by molar-refractivity contribution is -0.139. The molecule has 0 bridgehead atoms. The maximum atomic E-state index is 13.9. The number of carbonyl (C=O) groups is 2. The second kappa shape index (κ2) is 11.6. The summed E-state index contributed by atoms with van der Waals surface area (Å²) in [6, 6.07) is 4.71. The highest BCUT2D eigenvalue weighted by Gasteiger charge is 2.26. The van der Waals surface area contributed by atoms with Gasteiger partial charge in [-0.25, -0.2) is 4.39 Å². The first kappa shape index (κ1) is 24.6. The Balaban J connectivity index is 0.00000392. The maximum absolute atomic E-state index is 13.9. The zero-order valence-corrected chi connectivity index (χ0v) is 17.8. The van der Waals surface area contributed by atoms with Gasteiger partial charge in [0.2, 0.25) is 5.91 Å². The SMILES string of the molecule is CCN(CC(=O)O)C1CCN(CC(=O)N(C)Cc2c(F)cccc2Cl)CC1.Cl. The predicted octanol–water partition coefficient (Wildman–Crippen LogP) is 2.73. The molecule has 0 atom stereocenters. The molecule has 0 radical (unpaired) electrons. The van der Waals surface area contributed by atoms with Crippen molar-refractivity contribution >= 4 is 35.9 Å². The molecule has 2 rings (SSSR count). The van der Waals surface area contributed by atoms with Gasteiger partial charge in [-0.1, -0.05) is 24.6 Å². The fourth-order valence-electron chi connectivity index (χ4n) is 3.44. The van der Waals surface area contributed by atoms with Gasteiger partial charge in [0, 0.05) is 43.3 Å². The number of hydrogen-bond acceptors (Lipinski definition) is 4. The minimum Gasteiger partial charge on any atom is -0.480 e. The van der Waals surface area contributed by atoms with Crippen LogP contribution >= 0.6 is 24.0 Å². The van der Waals surface area contributed by atoms with E-state index < -0.39 is 11.8 Å². The molecule has 0 saturated carbocycles. The largest absolute Gasteiger partial charge is 0.480 e. The van der Waals surface area contributed by atoms with Crippen molar-refractivity contribution in [2.24, 2.45) is 0 Å². The van der Waals surface area contributed by atoms with Crippen LogP contribution < -0.4 is 0 Å². The fraction of sp³-hybridized carbons (Fsp3) is 0.579. The molecule has 1 N–H and O–H groups in total. The van der Waals surface area contributed by atoms with Gasteiger partial charge in [0.25, 0.3) is 0 Å². The predicted molar refractivity (Wildman–Crippen MR) is 109 cm³/mol. The third-order valence-electron chi connectivity index (χ3n) is 5.06. The molecular formula is C19H28Cl2FN3O3. The second-order valence-corrected chi connectivity index (χ2v) is 7.32. The summed E-state index contributed by atoms with van der Waals surface area (Å²) in [6.45, 7) is 4.57. The molecule has 158 valence electrons. The molecule has 28 heavy (non-hydrogen) atoms. The Kier molecular flexibility index (Phi) is 10.2. The molecule has 1 aromatic carbocycles. The van der Waals surface area contributed by atoms with E-state index in [-0.39, 0.29) is 44.0 Å². The summed E-state index contributed by atoms with van der Waals surface area (Å²) < 4.78 is 13.9. The minimum atomic E-state index is -0.817. The van der Waals surface area contributed by atoms with Crippen LogP contribution in [0, 0.1) is 5.82 Å². The van der Waals surface area contributed by atoms with Crippen LogP contribution in [0.3, 0.4) is 0 Å². The molecule has 1 aromatic rings. The molecule has 0 spiro atoms. The fourth-order valence-corrected chi connectivity index (χ4v) is 3.66. The molecule has 1 amide bonds. The van der Waals surface area contributed by atoms with Gasteiger partial charge in [-0.15, -0.1) is 12.4 Å². The summed E-state index contributed by atoms with van der Waals surface area (Å²) in [4.78, 5) is 29.0. The lowest BCUT2D eigenvalue weighted by atomic mass is 10.0. The number of carboxylic acids is 1. The highest BCUT2D eigenvalue weighted by molar-refractivity contribution is 6.31. The number of likely N-dealkylation sites (tertiary alicyclic amines) is 1. The molecule has 0 aromatic heterocycles. The normalized spacial score (nSPS) is 15.3. The van der Waals surface area contributed by atoms with E-state index >= 15 is 0 Å². The van der Waals surface area contributed by atoms with E-state index in [0.29, 0.717) is 17.1 Å². The Morgan fingerprint density at radius 1 is 1.32 bits per heavy atom. The lowest BCUT2D eigenvalue weighted by Gasteiger charge is -2.37. The Morgan fingerprint density at radius 3 is 2.50 bits per heavy atom. The van der Waals surface area contributed by atoms with E-state index in [4.69, 9.17) is 16.7 Å². The first-order valence-electron chi connectivity index (χ1n) is 9.16. The molecule has 0 unspecified atom stereocenters.